The van der Waals surface area contributed by atoms with Gasteiger partial charge in [-0.2, -0.15) is 0 Å². The number of hydrogen-bond acceptors (Lipinski definition) is 7. The average molecular weight is 426 g/mol. The largest absolute Gasteiger partial charge is 0.356 e. The molecule has 3 atom stereocenters. The minimum Gasteiger partial charge on any atom is -0.356 e. The Kier molecular flexibility index (Phi) is 4.83. The number of amides is 1. The van der Waals surface area contributed by atoms with Crippen LogP contribution in [0.2, 0.25) is 0 Å². The highest BCUT2D eigenvalue weighted by atomic mass is 32.1. The zero-order valence-corrected chi connectivity index (χ0v) is 17.9. The Morgan fingerprint density at radius 2 is 2.14 bits per heavy atom. The molecule has 1 N–H and O–H groups in total. The van der Waals surface area contributed by atoms with E-state index >= 15 is 0 Å². The maximum atomic E-state index is 13.3. The van der Waals surface area contributed by atoms with Crippen molar-refractivity contribution in [3.8, 4) is 10.6 Å². The lowest BCUT2D eigenvalue weighted by molar-refractivity contribution is -0.132. The summed E-state index contributed by atoms with van der Waals surface area (Å²) < 4.78 is 0. The summed E-state index contributed by atoms with van der Waals surface area (Å²) in [7, 11) is 0. The van der Waals surface area contributed by atoms with E-state index in [1.807, 2.05) is 30.6 Å². The van der Waals surface area contributed by atoms with Crippen molar-refractivity contribution < 1.29 is 4.79 Å². The Bertz CT molecular complexity index is 990. The van der Waals surface area contributed by atoms with Crippen LogP contribution in [0.3, 0.4) is 0 Å². The van der Waals surface area contributed by atoms with E-state index in [0.717, 1.165) is 40.7 Å². The zero-order chi connectivity index (χ0) is 19.8. The predicted octanol–water partition coefficient (Wildman–Crippen LogP) is 3.77. The van der Waals surface area contributed by atoms with E-state index < -0.39 is 5.41 Å². The zero-order valence-electron chi connectivity index (χ0n) is 16.2. The molecule has 6 nitrogen and oxygen atoms in total. The number of hydrogen-bond donors (Lipinski definition) is 1. The fourth-order valence-corrected chi connectivity index (χ4v) is 6.52. The first-order chi connectivity index (χ1) is 14.2. The predicted molar refractivity (Wildman–Crippen MR) is 116 cm³/mol. The standard InChI is InChI=1S/C21H23N5OS2/c1-2-22-19(27)21(10-15-12-28-13-23-15)11-16-8-9-17(21)26(16)20-25-24-18(29-20)14-6-4-3-5-7-14/h3-7,12-13,16-17H,2,8-11H2,1H3,(H,22,27)/t16?,17?,21-/m0/s1. The van der Waals surface area contributed by atoms with Gasteiger partial charge in [-0.1, -0.05) is 41.7 Å². The van der Waals surface area contributed by atoms with Gasteiger partial charge < -0.3 is 10.2 Å². The number of nitrogens with one attached hydrogen (secondary N) is 1. The van der Waals surface area contributed by atoms with Crippen LogP contribution in [0.4, 0.5) is 5.13 Å². The summed E-state index contributed by atoms with van der Waals surface area (Å²) in [6.45, 7) is 2.63. The Labute approximate surface area is 178 Å². The number of thiazole rings is 1. The summed E-state index contributed by atoms with van der Waals surface area (Å²) in [5, 5.41) is 16.0. The molecule has 0 saturated carbocycles. The Balaban J connectivity index is 1.48. The summed E-state index contributed by atoms with van der Waals surface area (Å²) in [5.74, 6) is 0.151. The van der Waals surface area contributed by atoms with E-state index in [2.05, 4.69) is 42.9 Å². The first kappa shape index (κ1) is 18.7. The molecule has 8 heteroatoms. The molecule has 2 fully saturated rings. The molecular formula is C21H23N5OS2. The first-order valence-electron chi connectivity index (χ1n) is 10.0. The minimum absolute atomic E-state index is 0.136. The van der Waals surface area contributed by atoms with Crippen LogP contribution < -0.4 is 10.2 Å². The summed E-state index contributed by atoms with van der Waals surface area (Å²) in [6.07, 6.45) is 3.64. The Hall–Kier alpha value is -2.32. The molecule has 2 aliphatic rings. The van der Waals surface area contributed by atoms with Gasteiger partial charge in [0.2, 0.25) is 11.0 Å². The van der Waals surface area contributed by atoms with Gasteiger partial charge in [0, 0.05) is 36.0 Å². The number of aromatic nitrogens is 3. The van der Waals surface area contributed by atoms with Crippen molar-refractivity contribution in [1.29, 1.82) is 0 Å². The normalized spacial score (nSPS) is 25.5. The monoisotopic (exact) mass is 425 g/mol. The highest BCUT2D eigenvalue weighted by Crippen LogP contribution is 2.54. The summed E-state index contributed by atoms with van der Waals surface area (Å²) in [5.41, 5.74) is 3.49. The molecule has 5 rings (SSSR count). The highest BCUT2D eigenvalue weighted by molar-refractivity contribution is 7.18. The van der Waals surface area contributed by atoms with Crippen molar-refractivity contribution in [3.63, 3.8) is 0 Å². The van der Waals surface area contributed by atoms with Gasteiger partial charge in [0.15, 0.2) is 0 Å². The molecule has 1 aromatic carbocycles. The Morgan fingerprint density at radius 3 is 2.90 bits per heavy atom. The van der Waals surface area contributed by atoms with Crippen molar-refractivity contribution in [2.45, 2.75) is 44.7 Å². The van der Waals surface area contributed by atoms with Gasteiger partial charge in [0.25, 0.3) is 0 Å². The molecule has 1 amide bonds. The van der Waals surface area contributed by atoms with E-state index in [0.29, 0.717) is 19.0 Å². The van der Waals surface area contributed by atoms with Crippen LogP contribution in [0.5, 0.6) is 0 Å². The third-order valence-corrected chi connectivity index (χ3v) is 7.79. The van der Waals surface area contributed by atoms with Crippen LogP contribution in [-0.4, -0.2) is 39.7 Å². The Morgan fingerprint density at radius 1 is 1.28 bits per heavy atom. The van der Waals surface area contributed by atoms with Crippen molar-refractivity contribution in [3.05, 3.63) is 46.9 Å². The van der Waals surface area contributed by atoms with E-state index in [-0.39, 0.29) is 11.9 Å². The molecule has 2 saturated heterocycles. The fourth-order valence-electron chi connectivity index (χ4n) is 4.99. The molecule has 2 bridgehead atoms. The molecule has 29 heavy (non-hydrogen) atoms. The lowest BCUT2D eigenvalue weighted by atomic mass is 9.70. The third-order valence-electron chi connectivity index (χ3n) is 6.17. The van der Waals surface area contributed by atoms with Crippen LogP contribution in [0.25, 0.3) is 10.6 Å². The molecular weight excluding hydrogens is 402 g/mol. The second-order valence-electron chi connectivity index (χ2n) is 7.79. The molecule has 2 aromatic heterocycles. The number of carbonyl (C=O) groups is 1. The van der Waals surface area contributed by atoms with E-state index in [9.17, 15) is 4.79 Å². The van der Waals surface area contributed by atoms with Crippen LogP contribution in [0.15, 0.2) is 41.2 Å². The quantitative estimate of drug-likeness (QED) is 0.651. The van der Waals surface area contributed by atoms with E-state index in [4.69, 9.17) is 0 Å². The summed E-state index contributed by atoms with van der Waals surface area (Å²) in [4.78, 5) is 20.2. The molecule has 150 valence electrons. The van der Waals surface area contributed by atoms with Crippen molar-refractivity contribution in [2.75, 3.05) is 11.4 Å². The van der Waals surface area contributed by atoms with Crippen molar-refractivity contribution >= 4 is 33.7 Å². The topological polar surface area (TPSA) is 71.0 Å². The van der Waals surface area contributed by atoms with E-state index in [1.165, 1.54) is 0 Å². The lowest BCUT2D eigenvalue weighted by Gasteiger charge is -2.35. The van der Waals surface area contributed by atoms with Gasteiger partial charge >= 0.3 is 0 Å². The molecule has 2 unspecified atom stereocenters. The fraction of sp³-hybridized carbons (Fsp3) is 0.429. The first-order valence-corrected chi connectivity index (χ1v) is 11.8. The molecule has 3 aromatic rings. The number of carbonyl (C=O) groups excluding carboxylic acids is 1. The van der Waals surface area contributed by atoms with E-state index in [1.54, 1.807) is 22.7 Å². The number of rotatable bonds is 6. The van der Waals surface area contributed by atoms with Gasteiger partial charge in [-0.05, 0) is 26.2 Å². The van der Waals surface area contributed by atoms with Crippen LogP contribution in [0, 0.1) is 5.41 Å². The van der Waals surface area contributed by atoms with Crippen molar-refractivity contribution in [2.24, 2.45) is 5.41 Å². The number of benzene rings is 1. The van der Waals surface area contributed by atoms with Crippen LogP contribution in [0.1, 0.15) is 31.9 Å². The molecule has 2 aliphatic heterocycles. The third kappa shape index (κ3) is 3.14. The molecule has 0 spiro atoms. The van der Waals surface area contributed by atoms with Crippen molar-refractivity contribution in [1.82, 2.24) is 20.5 Å². The number of nitrogens with zero attached hydrogens (tertiary/aromatic N) is 4. The number of anilines is 1. The lowest BCUT2D eigenvalue weighted by Crippen LogP contribution is -2.50. The summed E-state index contributed by atoms with van der Waals surface area (Å²) in [6, 6.07) is 10.6. The SMILES string of the molecule is CCNC(=O)[C@@]1(Cc2cscn2)CC2CCC1N2c1nnc(-c2ccccc2)s1. The minimum atomic E-state index is -0.453. The van der Waals surface area contributed by atoms with Crippen LogP contribution >= 0.6 is 22.7 Å². The number of fused-ring (bicyclic) bond motifs is 2. The molecule has 0 aliphatic carbocycles. The van der Waals surface area contributed by atoms with Gasteiger partial charge in [-0.25, -0.2) is 4.98 Å². The molecule has 0 radical (unpaired) electrons. The highest BCUT2D eigenvalue weighted by Gasteiger charge is 2.60. The van der Waals surface area contributed by atoms with Gasteiger partial charge in [-0.3, -0.25) is 4.79 Å². The smallest absolute Gasteiger partial charge is 0.228 e. The van der Waals surface area contributed by atoms with Gasteiger partial charge in [-0.15, -0.1) is 21.5 Å². The summed E-state index contributed by atoms with van der Waals surface area (Å²) >= 11 is 3.21. The average Bonchev–Trinajstić information content (AvgIpc) is 3.52. The maximum absolute atomic E-state index is 13.3. The van der Waals surface area contributed by atoms with Gasteiger partial charge in [0.1, 0.15) is 5.01 Å². The second kappa shape index (κ2) is 7.50. The van der Waals surface area contributed by atoms with Crippen LogP contribution in [-0.2, 0) is 11.2 Å². The molecule has 4 heterocycles. The maximum Gasteiger partial charge on any atom is 0.228 e. The van der Waals surface area contributed by atoms with Gasteiger partial charge in [0.05, 0.1) is 16.6 Å². The second-order valence-corrected chi connectivity index (χ2v) is 9.46.